The van der Waals surface area contributed by atoms with Crippen LogP contribution in [0, 0.1) is 0 Å². The number of hydrogen-bond donors (Lipinski definition) is 2. The molecular weight excluding hydrogens is 382 g/mol. The molecule has 1 aliphatic rings. The van der Waals surface area contributed by atoms with E-state index in [2.05, 4.69) is 0 Å². The molecule has 30 heavy (non-hydrogen) atoms. The maximum absolute atomic E-state index is 13.4. The maximum Gasteiger partial charge on any atom is 0.340 e. The molecule has 0 fully saturated rings. The van der Waals surface area contributed by atoms with Crippen LogP contribution in [0.15, 0.2) is 66.7 Å². The molecule has 1 aromatic heterocycles. The lowest BCUT2D eigenvalue weighted by atomic mass is 9.86. The number of carbonyl (C=O) groups excluding carboxylic acids is 2. The average molecular weight is 397 g/mol. The van der Waals surface area contributed by atoms with Crippen molar-refractivity contribution in [3.05, 3.63) is 100 Å². The summed E-state index contributed by atoms with van der Waals surface area (Å²) in [5.74, 6) is -2.58. The number of carbonyl (C=O) groups is 3. The van der Waals surface area contributed by atoms with E-state index in [-0.39, 0.29) is 45.7 Å². The third kappa shape index (κ3) is 2.40. The Morgan fingerprint density at radius 2 is 1.47 bits per heavy atom. The number of nitrogens with zero attached hydrogens (tertiary/aromatic N) is 1. The van der Waals surface area contributed by atoms with Crippen LogP contribution in [0.25, 0.3) is 10.9 Å². The van der Waals surface area contributed by atoms with Crippen molar-refractivity contribution in [1.82, 2.24) is 4.57 Å². The molecule has 3 aromatic carbocycles. The molecule has 146 valence electrons. The van der Waals surface area contributed by atoms with Gasteiger partial charge in [0.2, 0.25) is 5.78 Å². The van der Waals surface area contributed by atoms with Crippen molar-refractivity contribution in [2.75, 3.05) is 0 Å². The van der Waals surface area contributed by atoms with E-state index in [1.54, 1.807) is 34.9 Å². The largest absolute Gasteiger partial charge is 0.507 e. The molecule has 1 aliphatic carbocycles. The molecule has 0 bridgehead atoms. The SMILES string of the molecule is O=C(O)c1c(O)ccc2c1c1c(n2Cc2ccccc2)C(=O)c2ccccc2C1=O. The van der Waals surface area contributed by atoms with E-state index in [0.29, 0.717) is 5.52 Å². The molecule has 0 aliphatic heterocycles. The van der Waals surface area contributed by atoms with Crippen LogP contribution in [0.3, 0.4) is 0 Å². The second-order valence-corrected chi connectivity index (χ2v) is 7.16. The molecule has 0 amide bonds. The molecule has 1 heterocycles. The van der Waals surface area contributed by atoms with Crippen molar-refractivity contribution in [1.29, 1.82) is 0 Å². The molecule has 0 saturated heterocycles. The van der Waals surface area contributed by atoms with Gasteiger partial charge in [0.15, 0.2) is 5.78 Å². The number of benzene rings is 3. The van der Waals surface area contributed by atoms with Crippen LogP contribution in [-0.4, -0.2) is 32.3 Å². The summed E-state index contributed by atoms with van der Waals surface area (Å²) < 4.78 is 1.67. The van der Waals surface area contributed by atoms with Gasteiger partial charge in [-0.3, -0.25) is 9.59 Å². The fourth-order valence-electron chi connectivity index (χ4n) is 4.18. The molecule has 4 aromatic rings. The first-order chi connectivity index (χ1) is 14.5. The van der Waals surface area contributed by atoms with Crippen LogP contribution in [0.2, 0.25) is 0 Å². The van der Waals surface area contributed by atoms with Crippen molar-refractivity contribution in [3.8, 4) is 5.75 Å². The fourth-order valence-corrected chi connectivity index (χ4v) is 4.18. The number of carboxylic acid groups (broad SMARTS) is 1. The summed E-state index contributed by atoms with van der Waals surface area (Å²) in [5.41, 5.74) is 1.61. The molecule has 2 N–H and O–H groups in total. The first kappa shape index (κ1) is 17.9. The highest BCUT2D eigenvalue weighted by molar-refractivity contribution is 6.33. The standard InChI is InChI=1S/C24H15NO5/c26-17-11-10-16-18(19(17)24(29)30)20-21(25(16)12-13-6-2-1-3-7-13)23(28)15-9-5-4-8-14(15)22(20)27/h1-11,26H,12H2,(H,29,30). The lowest BCUT2D eigenvalue weighted by Crippen LogP contribution is -2.23. The van der Waals surface area contributed by atoms with Gasteiger partial charge in [-0.2, -0.15) is 0 Å². The number of ketones is 2. The zero-order valence-corrected chi connectivity index (χ0v) is 15.6. The summed E-state index contributed by atoms with van der Waals surface area (Å²) in [6, 6.07) is 18.7. The zero-order valence-electron chi connectivity index (χ0n) is 15.6. The summed E-state index contributed by atoms with van der Waals surface area (Å²) in [7, 11) is 0. The van der Waals surface area contributed by atoms with E-state index >= 15 is 0 Å². The molecule has 0 radical (unpaired) electrons. The van der Waals surface area contributed by atoms with Crippen molar-refractivity contribution < 1.29 is 24.6 Å². The maximum atomic E-state index is 13.4. The van der Waals surface area contributed by atoms with Crippen molar-refractivity contribution >= 4 is 28.4 Å². The van der Waals surface area contributed by atoms with Gasteiger partial charge in [-0.05, 0) is 17.7 Å². The van der Waals surface area contributed by atoms with Gasteiger partial charge in [-0.25, -0.2) is 4.79 Å². The highest BCUT2D eigenvalue weighted by atomic mass is 16.4. The van der Waals surface area contributed by atoms with E-state index in [4.69, 9.17) is 0 Å². The van der Waals surface area contributed by atoms with Crippen LogP contribution in [0.1, 0.15) is 47.9 Å². The van der Waals surface area contributed by atoms with Gasteiger partial charge in [0.05, 0.1) is 11.1 Å². The minimum atomic E-state index is -1.36. The quantitative estimate of drug-likeness (QED) is 0.482. The first-order valence-corrected chi connectivity index (χ1v) is 9.33. The minimum absolute atomic E-state index is 0.0259. The van der Waals surface area contributed by atoms with Gasteiger partial charge in [0.25, 0.3) is 0 Å². The topological polar surface area (TPSA) is 96.6 Å². The molecule has 0 saturated carbocycles. The third-order valence-electron chi connectivity index (χ3n) is 5.46. The number of aromatic carboxylic acids is 1. The Morgan fingerprint density at radius 3 is 2.13 bits per heavy atom. The second kappa shape index (κ2) is 6.42. The van der Waals surface area contributed by atoms with E-state index in [0.717, 1.165) is 5.56 Å². The highest BCUT2D eigenvalue weighted by Crippen LogP contribution is 2.39. The van der Waals surface area contributed by atoms with Gasteiger partial charge in [0, 0.05) is 23.1 Å². The Morgan fingerprint density at radius 1 is 0.833 bits per heavy atom. The van der Waals surface area contributed by atoms with E-state index in [1.807, 2.05) is 30.3 Å². The number of hydrogen-bond acceptors (Lipinski definition) is 4. The van der Waals surface area contributed by atoms with E-state index < -0.39 is 17.5 Å². The molecule has 0 atom stereocenters. The van der Waals surface area contributed by atoms with Crippen LogP contribution in [0.4, 0.5) is 0 Å². The van der Waals surface area contributed by atoms with Crippen molar-refractivity contribution in [2.24, 2.45) is 0 Å². The van der Waals surface area contributed by atoms with Gasteiger partial charge < -0.3 is 14.8 Å². The Kier molecular flexibility index (Phi) is 3.83. The van der Waals surface area contributed by atoms with Gasteiger partial charge in [0.1, 0.15) is 17.0 Å². The predicted octanol–water partition coefficient (Wildman–Crippen LogP) is 3.87. The number of aromatic nitrogens is 1. The fraction of sp³-hybridized carbons (Fsp3) is 0.0417. The summed E-state index contributed by atoms with van der Waals surface area (Å²) in [5, 5.41) is 20.1. The van der Waals surface area contributed by atoms with Crippen molar-refractivity contribution in [3.63, 3.8) is 0 Å². The number of carboxylic acids is 1. The minimum Gasteiger partial charge on any atom is -0.507 e. The number of rotatable bonds is 3. The molecule has 0 spiro atoms. The van der Waals surface area contributed by atoms with Gasteiger partial charge in [-0.15, -0.1) is 0 Å². The summed E-state index contributed by atoms with van der Waals surface area (Å²) >= 11 is 0. The predicted molar refractivity (Wildman–Crippen MR) is 109 cm³/mol. The van der Waals surface area contributed by atoms with E-state index in [9.17, 15) is 24.6 Å². The van der Waals surface area contributed by atoms with Gasteiger partial charge >= 0.3 is 5.97 Å². The lowest BCUT2D eigenvalue weighted by molar-refractivity contribution is 0.0695. The highest BCUT2D eigenvalue weighted by Gasteiger charge is 2.37. The normalized spacial score (nSPS) is 12.7. The van der Waals surface area contributed by atoms with Crippen LogP contribution in [0.5, 0.6) is 5.75 Å². The Bertz CT molecular complexity index is 1380. The summed E-state index contributed by atoms with van der Waals surface area (Å²) in [6.07, 6.45) is 0. The smallest absolute Gasteiger partial charge is 0.340 e. The molecule has 6 nitrogen and oxygen atoms in total. The monoisotopic (exact) mass is 397 g/mol. The van der Waals surface area contributed by atoms with Crippen LogP contribution in [-0.2, 0) is 6.54 Å². The molecule has 5 rings (SSSR count). The average Bonchev–Trinajstić information content (AvgIpc) is 3.06. The molecule has 0 unspecified atom stereocenters. The van der Waals surface area contributed by atoms with Crippen LogP contribution >= 0.6 is 0 Å². The van der Waals surface area contributed by atoms with Crippen LogP contribution < -0.4 is 0 Å². The number of phenols is 1. The Balaban J connectivity index is 1.91. The Hall–Kier alpha value is -4.19. The van der Waals surface area contributed by atoms with Gasteiger partial charge in [-0.1, -0.05) is 54.6 Å². The zero-order chi connectivity index (χ0) is 21.0. The number of aromatic hydroxyl groups is 1. The Labute approximate surface area is 170 Å². The third-order valence-corrected chi connectivity index (χ3v) is 5.46. The molecule has 6 heteroatoms. The van der Waals surface area contributed by atoms with Crippen molar-refractivity contribution in [2.45, 2.75) is 6.54 Å². The lowest BCUT2D eigenvalue weighted by Gasteiger charge is -2.17. The van der Waals surface area contributed by atoms with E-state index in [1.165, 1.54) is 6.07 Å². The first-order valence-electron chi connectivity index (χ1n) is 9.33. The molecular formula is C24H15NO5. The number of fused-ring (bicyclic) bond motifs is 4. The summed E-state index contributed by atoms with van der Waals surface area (Å²) in [6.45, 7) is 0.275. The second-order valence-electron chi connectivity index (χ2n) is 7.16. The summed E-state index contributed by atoms with van der Waals surface area (Å²) in [4.78, 5) is 38.8.